The lowest BCUT2D eigenvalue weighted by atomic mass is 10.0. The van der Waals surface area contributed by atoms with Crippen molar-refractivity contribution < 1.29 is 0 Å². The predicted molar refractivity (Wildman–Crippen MR) is 131 cm³/mol. The van der Waals surface area contributed by atoms with E-state index < -0.39 is 0 Å². The van der Waals surface area contributed by atoms with Crippen molar-refractivity contribution in [2.45, 2.75) is 6.92 Å². The molecule has 8 nitrogen and oxygen atoms in total. The summed E-state index contributed by atoms with van der Waals surface area (Å²) in [5, 5.41) is 16.4. The maximum atomic E-state index is 8.77. The van der Waals surface area contributed by atoms with E-state index in [1.54, 1.807) is 24.1 Å². The summed E-state index contributed by atoms with van der Waals surface area (Å²) in [6.07, 6.45) is 3.37. The molecule has 0 unspecified atom stereocenters. The zero-order chi connectivity index (χ0) is 23.1. The van der Waals surface area contributed by atoms with Crippen LogP contribution in [0.25, 0.3) is 5.70 Å². The van der Waals surface area contributed by atoms with Gasteiger partial charge >= 0.3 is 0 Å². The third kappa shape index (κ3) is 5.91. The van der Waals surface area contributed by atoms with Gasteiger partial charge in [-0.3, -0.25) is 15.0 Å². The SMILES string of the molecule is CCN1CCN(CCN/C(N)=C(C(=N)c2cnn(C)c2)/C(Cl)=C(\N)c2ccccc2)CC1. The molecule has 6 N–H and O–H groups in total. The van der Waals surface area contributed by atoms with Crippen LogP contribution in [0.3, 0.4) is 0 Å². The van der Waals surface area contributed by atoms with Crippen LogP contribution in [-0.4, -0.2) is 71.1 Å². The van der Waals surface area contributed by atoms with Crippen LogP contribution in [0.2, 0.25) is 0 Å². The second kappa shape index (κ2) is 11.2. The molecule has 2 aromatic rings. The average Bonchev–Trinajstić information content (AvgIpc) is 3.26. The summed E-state index contributed by atoms with van der Waals surface area (Å²) in [6, 6.07) is 9.45. The van der Waals surface area contributed by atoms with Crippen LogP contribution in [0.5, 0.6) is 0 Å². The molecule has 1 aromatic carbocycles. The minimum Gasteiger partial charge on any atom is -0.397 e. The van der Waals surface area contributed by atoms with Gasteiger partial charge in [-0.2, -0.15) is 5.10 Å². The molecule has 1 aliphatic rings. The van der Waals surface area contributed by atoms with Gasteiger partial charge in [0.25, 0.3) is 0 Å². The quantitative estimate of drug-likeness (QED) is 0.338. The number of piperazine rings is 1. The minimum absolute atomic E-state index is 0.170. The van der Waals surface area contributed by atoms with Gasteiger partial charge in [-0.15, -0.1) is 0 Å². The van der Waals surface area contributed by atoms with Gasteiger partial charge in [-0.25, -0.2) is 0 Å². The predicted octanol–water partition coefficient (Wildman–Crippen LogP) is 1.75. The van der Waals surface area contributed by atoms with Crippen molar-refractivity contribution in [1.29, 1.82) is 5.41 Å². The fourth-order valence-electron chi connectivity index (χ4n) is 3.70. The summed E-state index contributed by atoms with van der Waals surface area (Å²) < 4.78 is 1.64. The lowest BCUT2D eigenvalue weighted by Crippen LogP contribution is -2.48. The number of aryl methyl sites for hydroxylation is 1. The number of allylic oxidation sites excluding steroid dienone is 2. The Morgan fingerprint density at radius 2 is 1.75 bits per heavy atom. The lowest BCUT2D eigenvalue weighted by molar-refractivity contribution is 0.138. The number of benzene rings is 1. The van der Waals surface area contributed by atoms with Gasteiger partial charge in [0, 0.05) is 58.1 Å². The number of hydrogen-bond acceptors (Lipinski definition) is 7. The molecule has 1 saturated heterocycles. The molecule has 2 heterocycles. The second-order valence-corrected chi connectivity index (χ2v) is 8.24. The number of nitrogens with two attached hydrogens (primary N) is 2. The Morgan fingerprint density at radius 1 is 1.09 bits per heavy atom. The van der Waals surface area contributed by atoms with Crippen LogP contribution < -0.4 is 16.8 Å². The molecule has 1 aromatic heterocycles. The molecular formula is C23H33ClN8. The molecule has 3 rings (SSSR count). The van der Waals surface area contributed by atoms with E-state index in [9.17, 15) is 0 Å². The highest BCUT2D eigenvalue weighted by atomic mass is 35.5. The largest absolute Gasteiger partial charge is 0.397 e. The fourth-order valence-corrected chi connectivity index (χ4v) is 4.01. The number of halogens is 1. The van der Waals surface area contributed by atoms with Gasteiger partial charge < -0.3 is 21.7 Å². The van der Waals surface area contributed by atoms with Crippen LogP contribution in [0.1, 0.15) is 18.1 Å². The number of nitrogens with one attached hydrogen (secondary N) is 2. The minimum atomic E-state index is 0.170. The summed E-state index contributed by atoms with van der Waals surface area (Å²) in [5.41, 5.74) is 15.1. The van der Waals surface area contributed by atoms with Crippen molar-refractivity contribution in [3.05, 3.63) is 70.3 Å². The highest BCUT2D eigenvalue weighted by Gasteiger charge is 2.21. The van der Waals surface area contributed by atoms with Crippen molar-refractivity contribution in [3.63, 3.8) is 0 Å². The van der Waals surface area contributed by atoms with Gasteiger partial charge in [-0.05, 0) is 12.1 Å². The van der Waals surface area contributed by atoms with Gasteiger partial charge in [0.05, 0.1) is 28.2 Å². The molecule has 1 aliphatic heterocycles. The van der Waals surface area contributed by atoms with Crippen molar-refractivity contribution in [3.8, 4) is 0 Å². The first-order valence-corrected chi connectivity index (χ1v) is 11.3. The number of likely N-dealkylation sites (N-methyl/N-ethyl adjacent to an activating group) is 1. The van der Waals surface area contributed by atoms with Crippen molar-refractivity contribution in [1.82, 2.24) is 24.9 Å². The molecule has 0 bridgehead atoms. The summed E-state index contributed by atoms with van der Waals surface area (Å²) in [6.45, 7) is 9.05. The van der Waals surface area contributed by atoms with Gasteiger partial charge in [0.15, 0.2) is 0 Å². The number of nitrogens with zero attached hydrogens (tertiary/aromatic N) is 4. The fraction of sp³-hybridized carbons (Fsp3) is 0.391. The zero-order valence-corrected chi connectivity index (χ0v) is 19.6. The highest BCUT2D eigenvalue weighted by Crippen LogP contribution is 2.27. The number of rotatable bonds is 9. The monoisotopic (exact) mass is 456 g/mol. The molecule has 0 spiro atoms. The van der Waals surface area contributed by atoms with Crippen molar-refractivity contribution in [2.24, 2.45) is 18.5 Å². The molecule has 32 heavy (non-hydrogen) atoms. The van der Waals surface area contributed by atoms with Crippen LogP contribution >= 0.6 is 11.6 Å². The third-order valence-electron chi connectivity index (χ3n) is 5.71. The maximum absolute atomic E-state index is 8.77. The molecular weight excluding hydrogens is 424 g/mol. The van der Waals surface area contributed by atoms with Crippen LogP contribution in [0, 0.1) is 5.41 Å². The summed E-state index contributed by atoms with van der Waals surface area (Å²) in [5.74, 6) is 0.329. The van der Waals surface area contributed by atoms with E-state index in [1.165, 1.54) is 0 Å². The first-order chi connectivity index (χ1) is 15.4. The van der Waals surface area contributed by atoms with Crippen LogP contribution in [0.15, 0.2) is 59.2 Å². The van der Waals surface area contributed by atoms with Crippen molar-refractivity contribution in [2.75, 3.05) is 45.8 Å². The first-order valence-electron chi connectivity index (χ1n) is 10.9. The summed E-state index contributed by atoms with van der Waals surface area (Å²) in [4.78, 5) is 4.86. The van der Waals surface area contributed by atoms with E-state index in [4.69, 9.17) is 28.5 Å². The standard InChI is InChI=1S/C23H33ClN8/c1-3-31-11-13-32(14-12-31)10-9-28-23(27)19(21(25)18-15-29-30(2)16-18)20(24)22(26)17-7-5-4-6-8-17/h4-8,15-16,25,28H,3,9-14,26-27H2,1-2H3/b22-20+,23-19-,25-21?. The molecule has 0 radical (unpaired) electrons. The maximum Gasteiger partial charge on any atom is 0.107 e. The van der Waals surface area contributed by atoms with E-state index in [0.29, 0.717) is 29.2 Å². The van der Waals surface area contributed by atoms with Gasteiger partial charge in [0.2, 0.25) is 0 Å². The second-order valence-electron chi connectivity index (χ2n) is 7.86. The Morgan fingerprint density at radius 3 is 2.34 bits per heavy atom. The van der Waals surface area contributed by atoms with Crippen molar-refractivity contribution >= 4 is 23.0 Å². The van der Waals surface area contributed by atoms with E-state index in [2.05, 4.69) is 27.1 Å². The summed E-state index contributed by atoms with van der Waals surface area (Å²) in [7, 11) is 1.80. The average molecular weight is 457 g/mol. The number of hydrogen-bond donors (Lipinski definition) is 4. The zero-order valence-electron chi connectivity index (χ0n) is 18.8. The van der Waals surface area contributed by atoms with E-state index in [0.717, 1.165) is 44.8 Å². The van der Waals surface area contributed by atoms with Crippen LogP contribution in [-0.2, 0) is 7.05 Å². The Bertz CT molecular complexity index is 971. The molecule has 9 heteroatoms. The molecule has 0 aliphatic carbocycles. The molecule has 0 amide bonds. The Hall–Kier alpha value is -2.81. The van der Waals surface area contributed by atoms with Crippen LogP contribution in [0.4, 0.5) is 0 Å². The smallest absolute Gasteiger partial charge is 0.107 e. The third-order valence-corrected chi connectivity index (χ3v) is 6.10. The Kier molecular flexibility index (Phi) is 8.33. The van der Waals surface area contributed by atoms with E-state index in [1.807, 2.05) is 30.3 Å². The molecule has 0 saturated carbocycles. The molecule has 0 atom stereocenters. The van der Waals surface area contributed by atoms with E-state index in [-0.39, 0.29) is 10.7 Å². The van der Waals surface area contributed by atoms with Gasteiger partial charge in [-0.1, -0.05) is 48.9 Å². The molecule has 172 valence electrons. The summed E-state index contributed by atoms with van der Waals surface area (Å²) >= 11 is 6.73. The van der Waals surface area contributed by atoms with Gasteiger partial charge in [0.1, 0.15) is 5.82 Å². The topological polar surface area (TPSA) is 112 Å². The normalized spacial score (nSPS) is 17.0. The Labute approximate surface area is 195 Å². The molecule has 1 fully saturated rings. The lowest BCUT2D eigenvalue weighted by Gasteiger charge is -2.34. The van der Waals surface area contributed by atoms with E-state index >= 15 is 0 Å². The number of aromatic nitrogens is 2. The highest BCUT2D eigenvalue weighted by molar-refractivity contribution is 6.39. The Balaban J connectivity index is 1.81. The first kappa shape index (κ1) is 23.8.